The number of aryl methyl sites for hydroxylation is 1. The maximum absolute atomic E-state index is 11.2. The van der Waals surface area contributed by atoms with Gasteiger partial charge >= 0.3 is 0 Å². The number of rotatable bonds is 3. The van der Waals surface area contributed by atoms with Crippen molar-refractivity contribution in [2.75, 3.05) is 5.32 Å². The van der Waals surface area contributed by atoms with Crippen LogP contribution in [0.15, 0.2) is 18.2 Å². The Morgan fingerprint density at radius 2 is 2.20 bits per heavy atom. The molecule has 0 bridgehead atoms. The number of anilines is 1. The summed E-state index contributed by atoms with van der Waals surface area (Å²) < 4.78 is 1.17. The second-order valence-corrected chi connectivity index (χ2v) is 4.58. The molecule has 1 atom stereocenters. The lowest BCUT2D eigenvalue weighted by molar-refractivity contribution is -0.121. The predicted octanol–water partition coefficient (Wildman–Crippen LogP) is 1.39. The second-order valence-electron chi connectivity index (χ2n) is 3.33. The molecule has 0 aliphatic rings. The zero-order valence-corrected chi connectivity index (χ0v) is 10.8. The van der Waals surface area contributed by atoms with Gasteiger partial charge in [-0.2, -0.15) is 0 Å². The Hall–Kier alpha value is -0.820. The second kappa shape index (κ2) is 5.32. The van der Waals surface area contributed by atoms with Crippen LogP contribution in [0.25, 0.3) is 0 Å². The van der Waals surface area contributed by atoms with Crippen molar-refractivity contribution in [3.05, 3.63) is 27.3 Å². The van der Waals surface area contributed by atoms with E-state index in [0.717, 1.165) is 11.3 Å². The van der Waals surface area contributed by atoms with Gasteiger partial charge in [-0.15, -0.1) is 0 Å². The molecule has 82 valence electrons. The fourth-order valence-corrected chi connectivity index (χ4v) is 1.86. The molecule has 1 aromatic rings. The minimum Gasteiger partial charge on any atom is -0.374 e. The Kier molecular flexibility index (Phi) is 4.34. The molecule has 0 aliphatic heterocycles. The Labute approximate surface area is 103 Å². The van der Waals surface area contributed by atoms with Crippen LogP contribution in [0.4, 0.5) is 5.69 Å². The quantitative estimate of drug-likeness (QED) is 0.341. The van der Waals surface area contributed by atoms with Gasteiger partial charge in [-0.25, -0.2) is 5.84 Å². The molecule has 5 heteroatoms. The van der Waals surface area contributed by atoms with E-state index in [0.29, 0.717) is 0 Å². The SMILES string of the molecule is Cc1cc(I)ccc1NC(C)C(=O)NN. The summed E-state index contributed by atoms with van der Waals surface area (Å²) in [6, 6.07) is 5.66. The van der Waals surface area contributed by atoms with Crippen LogP contribution >= 0.6 is 22.6 Å². The average molecular weight is 319 g/mol. The van der Waals surface area contributed by atoms with Gasteiger partial charge in [-0.1, -0.05) is 0 Å². The molecule has 4 nitrogen and oxygen atoms in total. The number of hydrazine groups is 1. The Morgan fingerprint density at radius 3 is 2.73 bits per heavy atom. The highest BCUT2D eigenvalue weighted by Crippen LogP contribution is 2.18. The molecule has 0 heterocycles. The minimum absolute atomic E-state index is 0.229. The number of nitrogens with two attached hydrogens (primary N) is 1. The average Bonchev–Trinajstić information content (AvgIpc) is 2.20. The highest BCUT2D eigenvalue weighted by molar-refractivity contribution is 14.1. The van der Waals surface area contributed by atoms with Crippen molar-refractivity contribution in [3.8, 4) is 0 Å². The Balaban J connectivity index is 2.76. The number of halogens is 1. The fourth-order valence-electron chi connectivity index (χ4n) is 1.21. The minimum atomic E-state index is -0.339. The number of amides is 1. The lowest BCUT2D eigenvalue weighted by Crippen LogP contribution is -2.41. The van der Waals surface area contributed by atoms with Crippen molar-refractivity contribution in [2.24, 2.45) is 5.84 Å². The Morgan fingerprint density at radius 1 is 1.53 bits per heavy atom. The number of nitrogens with one attached hydrogen (secondary N) is 2. The van der Waals surface area contributed by atoms with Gasteiger partial charge < -0.3 is 5.32 Å². The molecule has 1 rings (SSSR count). The number of hydrogen-bond acceptors (Lipinski definition) is 3. The van der Waals surface area contributed by atoms with Gasteiger partial charge in [0.15, 0.2) is 0 Å². The van der Waals surface area contributed by atoms with Gasteiger partial charge in [-0.05, 0) is 60.2 Å². The highest BCUT2D eigenvalue weighted by atomic mass is 127. The van der Waals surface area contributed by atoms with Gasteiger partial charge in [0, 0.05) is 9.26 Å². The van der Waals surface area contributed by atoms with Crippen LogP contribution in [0.5, 0.6) is 0 Å². The van der Waals surface area contributed by atoms with E-state index in [1.165, 1.54) is 3.57 Å². The molecular formula is C10H14IN3O. The topological polar surface area (TPSA) is 67.2 Å². The molecular weight excluding hydrogens is 305 g/mol. The summed E-state index contributed by atoms with van der Waals surface area (Å²) in [5.74, 6) is 4.82. The first kappa shape index (κ1) is 12.3. The molecule has 0 saturated heterocycles. The molecule has 15 heavy (non-hydrogen) atoms. The summed E-state index contributed by atoms with van der Waals surface area (Å²) in [5.41, 5.74) is 4.17. The summed E-state index contributed by atoms with van der Waals surface area (Å²) >= 11 is 2.25. The van der Waals surface area contributed by atoms with Gasteiger partial charge in [0.25, 0.3) is 5.91 Å². The third kappa shape index (κ3) is 3.35. The molecule has 0 spiro atoms. The van der Waals surface area contributed by atoms with Crippen LogP contribution in [0.3, 0.4) is 0 Å². The molecule has 0 radical (unpaired) electrons. The van der Waals surface area contributed by atoms with Crippen molar-refractivity contribution in [2.45, 2.75) is 19.9 Å². The molecule has 1 unspecified atom stereocenters. The van der Waals surface area contributed by atoms with Crippen LogP contribution in [-0.2, 0) is 4.79 Å². The van der Waals surface area contributed by atoms with Crippen molar-refractivity contribution in [1.82, 2.24) is 5.43 Å². The zero-order chi connectivity index (χ0) is 11.4. The molecule has 4 N–H and O–H groups in total. The van der Waals surface area contributed by atoms with Crippen molar-refractivity contribution in [3.63, 3.8) is 0 Å². The third-order valence-electron chi connectivity index (χ3n) is 2.10. The third-order valence-corrected chi connectivity index (χ3v) is 2.77. The Bertz CT molecular complexity index is 368. The van der Waals surface area contributed by atoms with Crippen LogP contribution in [0.1, 0.15) is 12.5 Å². The summed E-state index contributed by atoms with van der Waals surface area (Å²) in [6.45, 7) is 3.76. The maximum Gasteiger partial charge on any atom is 0.256 e. The van der Waals surface area contributed by atoms with Crippen LogP contribution in [-0.4, -0.2) is 11.9 Å². The van der Waals surface area contributed by atoms with Crippen LogP contribution < -0.4 is 16.6 Å². The fraction of sp³-hybridized carbons (Fsp3) is 0.300. The molecule has 0 aliphatic carbocycles. The largest absolute Gasteiger partial charge is 0.374 e. The van der Waals surface area contributed by atoms with E-state index in [1.54, 1.807) is 6.92 Å². The van der Waals surface area contributed by atoms with Gasteiger partial charge in [-0.3, -0.25) is 10.2 Å². The number of carbonyl (C=O) groups is 1. The maximum atomic E-state index is 11.2. The molecule has 1 aromatic carbocycles. The van der Waals surface area contributed by atoms with Gasteiger partial charge in [0.2, 0.25) is 0 Å². The molecule has 0 fully saturated rings. The lowest BCUT2D eigenvalue weighted by Gasteiger charge is -2.15. The first-order valence-electron chi connectivity index (χ1n) is 4.57. The summed E-state index contributed by atoms with van der Waals surface area (Å²) in [5, 5.41) is 3.09. The van der Waals surface area contributed by atoms with Gasteiger partial charge in [0.1, 0.15) is 6.04 Å². The van der Waals surface area contributed by atoms with Crippen molar-refractivity contribution in [1.29, 1.82) is 0 Å². The first-order valence-corrected chi connectivity index (χ1v) is 5.65. The highest BCUT2D eigenvalue weighted by Gasteiger charge is 2.11. The summed E-state index contributed by atoms with van der Waals surface area (Å²) in [4.78, 5) is 11.2. The molecule has 1 amide bonds. The first-order chi connectivity index (χ1) is 7.04. The lowest BCUT2D eigenvalue weighted by atomic mass is 10.2. The van der Waals surface area contributed by atoms with E-state index < -0.39 is 0 Å². The van der Waals surface area contributed by atoms with Crippen molar-refractivity contribution >= 4 is 34.2 Å². The number of carbonyl (C=O) groups excluding carboxylic acids is 1. The van der Waals surface area contributed by atoms with Crippen LogP contribution in [0.2, 0.25) is 0 Å². The summed E-state index contributed by atoms with van der Waals surface area (Å²) in [7, 11) is 0. The standard InChI is InChI=1S/C10H14IN3O/c1-6-5-8(11)3-4-9(6)13-7(2)10(15)14-12/h3-5,7,13H,12H2,1-2H3,(H,14,15). The monoisotopic (exact) mass is 319 g/mol. The van der Waals surface area contributed by atoms with E-state index in [-0.39, 0.29) is 11.9 Å². The van der Waals surface area contributed by atoms with Crippen LogP contribution in [0, 0.1) is 10.5 Å². The van der Waals surface area contributed by atoms with E-state index >= 15 is 0 Å². The normalized spacial score (nSPS) is 12.0. The van der Waals surface area contributed by atoms with E-state index in [4.69, 9.17) is 5.84 Å². The van der Waals surface area contributed by atoms with E-state index in [1.807, 2.05) is 19.1 Å². The summed E-state index contributed by atoms with van der Waals surface area (Å²) in [6.07, 6.45) is 0. The molecule has 0 saturated carbocycles. The predicted molar refractivity (Wildman–Crippen MR) is 69.3 cm³/mol. The van der Waals surface area contributed by atoms with E-state index in [2.05, 4.69) is 39.4 Å². The van der Waals surface area contributed by atoms with Gasteiger partial charge in [0.05, 0.1) is 0 Å². The van der Waals surface area contributed by atoms with E-state index in [9.17, 15) is 4.79 Å². The molecule has 0 aromatic heterocycles. The van der Waals surface area contributed by atoms with Crippen molar-refractivity contribution < 1.29 is 4.79 Å². The zero-order valence-electron chi connectivity index (χ0n) is 8.67. The number of hydrogen-bond donors (Lipinski definition) is 3. The smallest absolute Gasteiger partial charge is 0.256 e. The number of benzene rings is 1.